The first kappa shape index (κ1) is 31.3. The lowest BCUT2D eigenvalue weighted by Gasteiger charge is -2.61. The van der Waals surface area contributed by atoms with Crippen LogP contribution in [0.3, 0.4) is 0 Å². The highest BCUT2D eigenvalue weighted by atomic mass is 32.2. The first-order valence-electron chi connectivity index (χ1n) is 16.3. The van der Waals surface area contributed by atoms with Gasteiger partial charge in [0.2, 0.25) is 5.91 Å². The van der Waals surface area contributed by atoms with Gasteiger partial charge < -0.3 is 9.80 Å². The molecule has 0 aliphatic heterocycles. The average molecular weight is 568 g/mol. The number of nitrogens with one attached hydrogen (secondary N) is 1. The number of rotatable bonds is 12. The number of hydrogen-bond donors (Lipinski definition) is 2. The standard InChI is InChI=1S/C32H58N2O4S/c1-24(11-16-30(35)33-20-8-21-34(4,5)22-9-23-39(36,37)38)27-14-15-28-26-13-12-25-10-6-7-18-31(25,2)29(26)17-19-32(27,28)3/h24-29H,6-23H2,1-5H3,(H-,33,35,36,37,38)/p+1/t24-,25+,26+,27-,28-,29-,31+,32-/m1/s1. The fourth-order valence-electron chi connectivity index (χ4n) is 10.4. The van der Waals surface area contributed by atoms with Crippen molar-refractivity contribution in [2.45, 2.75) is 111 Å². The highest BCUT2D eigenvalue weighted by molar-refractivity contribution is 7.85. The van der Waals surface area contributed by atoms with Crippen LogP contribution in [0.25, 0.3) is 0 Å². The summed E-state index contributed by atoms with van der Waals surface area (Å²) in [4.78, 5) is 12.7. The summed E-state index contributed by atoms with van der Waals surface area (Å²) < 4.78 is 31.5. The SMILES string of the molecule is C[C@H](CCC(=O)NCCC[N+](C)(C)CCCS(=O)(=O)O)[C@H]1CC[C@@H]2[C@@H]3CC[C@@H]4CCCC[C@]4(C)[C@@H]3CC[C@@]21C. The second kappa shape index (κ2) is 12.3. The van der Waals surface area contributed by atoms with Gasteiger partial charge in [0.15, 0.2) is 0 Å². The Bertz CT molecular complexity index is 952. The van der Waals surface area contributed by atoms with Gasteiger partial charge in [0.25, 0.3) is 10.1 Å². The van der Waals surface area contributed by atoms with Gasteiger partial charge in [0.05, 0.1) is 32.9 Å². The third-order valence-corrected chi connectivity index (χ3v) is 13.4. The second-order valence-corrected chi connectivity index (χ2v) is 16.9. The fraction of sp³-hybridized carbons (Fsp3) is 0.969. The van der Waals surface area contributed by atoms with Crippen LogP contribution in [0.2, 0.25) is 0 Å². The van der Waals surface area contributed by atoms with Crippen molar-refractivity contribution in [3.63, 3.8) is 0 Å². The molecular formula is C32H59N2O4S+. The number of carbonyl (C=O) groups excluding carboxylic acids is 1. The Balaban J connectivity index is 1.20. The summed E-state index contributed by atoms with van der Waals surface area (Å²) in [6.45, 7) is 9.95. The van der Waals surface area contributed by atoms with E-state index in [9.17, 15) is 13.2 Å². The quantitative estimate of drug-likeness (QED) is 0.164. The zero-order valence-corrected chi connectivity index (χ0v) is 26.5. The van der Waals surface area contributed by atoms with Crippen LogP contribution in [-0.2, 0) is 14.9 Å². The van der Waals surface area contributed by atoms with Gasteiger partial charge in [0.1, 0.15) is 0 Å². The molecule has 6 nitrogen and oxygen atoms in total. The summed E-state index contributed by atoms with van der Waals surface area (Å²) >= 11 is 0. The van der Waals surface area contributed by atoms with Crippen molar-refractivity contribution in [3.05, 3.63) is 0 Å². The minimum atomic E-state index is -3.89. The van der Waals surface area contributed by atoms with E-state index < -0.39 is 10.1 Å². The van der Waals surface area contributed by atoms with Crippen LogP contribution in [0.4, 0.5) is 0 Å². The highest BCUT2D eigenvalue weighted by Crippen LogP contribution is 2.68. The topological polar surface area (TPSA) is 83.5 Å². The molecule has 0 heterocycles. The van der Waals surface area contributed by atoms with Gasteiger partial charge in [-0.1, -0.05) is 33.6 Å². The van der Waals surface area contributed by atoms with Crippen molar-refractivity contribution in [3.8, 4) is 0 Å². The molecule has 7 heteroatoms. The predicted octanol–water partition coefficient (Wildman–Crippen LogP) is 6.31. The first-order valence-corrected chi connectivity index (χ1v) is 17.9. The molecule has 8 atom stereocenters. The molecule has 2 N–H and O–H groups in total. The van der Waals surface area contributed by atoms with Gasteiger partial charge in [-0.15, -0.1) is 0 Å². The van der Waals surface area contributed by atoms with Crippen molar-refractivity contribution in [1.29, 1.82) is 0 Å². The Morgan fingerprint density at radius 3 is 2.41 bits per heavy atom. The molecule has 4 saturated carbocycles. The third kappa shape index (κ3) is 7.23. The summed E-state index contributed by atoms with van der Waals surface area (Å²) in [7, 11) is 0.241. The summed E-state index contributed by atoms with van der Waals surface area (Å²) in [5, 5.41) is 3.13. The highest BCUT2D eigenvalue weighted by Gasteiger charge is 2.60. The molecule has 0 unspecified atom stereocenters. The molecule has 0 spiro atoms. The zero-order valence-electron chi connectivity index (χ0n) is 25.7. The van der Waals surface area contributed by atoms with E-state index in [4.69, 9.17) is 4.55 Å². The molecule has 4 aliphatic rings. The molecule has 0 saturated heterocycles. The molecule has 0 aromatic heterocycles. The predicted molar refractivity (Wildman–Crippen MR) is 159 cm³/mol. The molecule has 1 amide bonds. The van der Waals surface area contributed by atoms with Crippen molar-refractivity contribution in [2.75, 3.05) is 39.5 Å². The van der Waals surface area contributed by atoms with Crippen LogP contribution in [-0.4, -0.2) is 62.8 Å². The summed E-state index contributed by atoms with van der Waals surface area (Å²) in [5.41, 5.74) is 1.08. The van der Waals surface area contributed by atoms with E-state index in [2.05, 4.69) is 40.2 Å². The minimum absolute atomic E-state index is 0.172. The lowest BCUT2D eigenvalue weighted by atomic mass is 9.44. The van der Waals surface area contributed by atoms with Gasteiger partial charge in [-0.3, -0.25) is 9.35 Å². The van der Waals surface area contributed by atoms with Gasteiger partial charge in [0, 0.05) is 25.8 Å². The number of hydrogen-bond acceptors (Lipinski definition) is 3. The maximum Gasteiger partial charge on any atom is 0.265 e. The molecule has 0 aromatic carbocycles. The lowest BCUT2D eigenvalue weighted by Crippen LogP contribution is -2.53. The van der Waals surface area contributed by atoms with E-state index >= 15 is 0 Å². The number of carbonyl (C=O) groups is 1. The molecule has 0 radical (unpaired) electrons. The molecule has 4 rings (SSSR count). The number of nitrogens with zero attached hydrogens (tertiary/aromatic N) is 1. The largest absolute Gasteiger partial charge is 0.356 e. The molecule has 226 valence electrons. The third-order valence-electron chi connectivity index (χ3n) is 12.6. The Morgan fingerprint density at radius 1 is 0.949 bits per heavy atom. The van der Waals surface area contributed by atoms with Gasteiger partial charge in [-0.25, -0.2) is 0 Å². The minimum Gasteiger partial charge on any atom is -0.356 e. The van der Waals surface area contributed by atoms with Crippen LogP contribution < -0.4 is 5.32 Å². The van der Waals surface area contributed by atoms with Crippen LogP contribution in [0, 0.1) is 46.3 Å². The number of fused-ring (bicyclic) bond motifs is 5. The van der Waals surface area contributed by atoms with Crippen LogP contribution in [0.5, 0.6) is 0 Å². The van der Waals surface area contributed by atoms with E-state index in [-0.39, 0.29) is 11.7 Å². The van der Waals surface area contributed by atoms with Crippen molar-refractivity contribution in [2.24, 2.45) is 46.3 Å². The van der Waals surface area contributed by atoms with Crippen LogP contribution in [0.15, 0.2) is 0 Å². The molecular weight excluding hydrogens is 508 g/mol. The second-order valence-electron chi connectivity index (χ2n) is 15.4. The summed E-state index contributed by atoms with van der Waals surface area (Å²) in [6.07, 6.45) is 17.4. The number of amides is 1. The Labute approximate surface area is 239 Å². The van der Waals surface area contributed by atoms with Gasteiger partial charge in [-0.2, -0.15) is 8.42 Å². The Kier molecular flexibility index (Phi) is 9.86. The smallest absolute Gasteiger partial charge is 0.265 e. The molecule has 0 bridgehead atoms. The van der Waals surface area contributed by atoms with E-state index in [1.54, 1.807) is 0 Å². The van der Waals surface area contributed by atoms with E-state index in [0.717, 1.165) is 49.0 Å². The molecule has 4 aliphatic carbocycles. The number of quaternary nitrogens is 1. The van der Waals surface area contributed by atoms with Gasteiger partial charge >= 0.3 is 0 Å². The fourth-order valence-corrected chi connectivity index (χ4v) is 10.9. The first-order chi connectivity index (χ1) is 18.3. The van der Waals surface area contributed by atoms with Gasteiger partial charge in [-0.05, 0) is 104 Å². The van der Waals surface area contributed by atoms with Crippen molar-refractivity contribution in [1.82, 2.24) is 5.32 Å². The van der Waals surface area contributed by atoms with Crippen LogP contribution in [0.1, 0.15) is 111 Å². The van der Waals surface area contributed by atoms with E-state index in [1.807, 2.05) is 0 Å². The van der Waals surface area contributed by atoms with Crippen molar-refractivity contribution >= 4 is 16.0 Å². The van der Waals surface area contributed by atoms with Crippen molar-refractivity contribution < 1.29 is 22.2 Å². The molecule has 4 fully saturated rings. The van der Waals surface area contributed by atoms with E-state index in [1.165, 1.54) is 64.2 Å². The van der Waals surface area contributed by atoms with E-state index in [0.29, 0.717) is 47.2 Å². The Hall–Kier alpha value is -0.660. The lowest BCUT2D eigenvalue weighted by molar-refractivity contribution is -0.890. The molecule has 39 heavy (non-hydrogen) atoms. The maximum atomic E-state index is 12.7. The zero-order chi connectivity index (χ0) is 28.5. The summed E-state index contributed by atoms with van der Waals surface area (Å²) in [5.74, 6) is 5.13. The Morgan fingerprint density at radius 2 is 1.67 bits per heavy atom. The monoisotopic (exact) mass is 567 g/mol. The molecule has 0 aromatic rings. The van der Waals surface area contributed by atoms with Crippen LogP contribution >= 0.6 is 0 Å². The summed E-state index contributed by atoms with van der Waals surface area (Å²) in [6, 6.07) is 0. The maximum absolute atomic E-state index is 12.7. The normalized spacial score (nSPS) is 37.4. The average Bonchev–Trinajstić information content (AvgIpc) is 3.21.